The van der Waals surface area contributed by atoms with E-state index in [1.165, 1.54) is 11.4 Å². The van der Waals surface area contributed by atoms with Gasteiger partial charge in [0, 0.05) is 40.0 Å². The summed E-state index contributed by atoms with van der Waals surface area (Å²) in [6.45, 7) is 30.0. The van der Waals surface area contributed by atoms with Crippen LogP contribution in [-0.2, 0) is 0 Å². The van der Waals surface area contributed by atoms with Crippen LogP contribution >= 0.6 is 0 Å². The molecule has 0 aromatic rings. The van der Waals surface area contributed by atoms with Crippen molar-refractivity contribution >= 4 is 0 Å². The second-order valence-corrected chi connectivity index (χ2v) is 11.2. The molecule has 0 radical (unpaired) electrons. The summed E-state index contributed by atoms with van der Waals surface area (Å²) in [7, 11) is 2.27. The predicted molar refractivity (Wildman–Crippen MR) is 114 cm³/mol. The molecule has 0 aliphatic carbocycles. The molecule has 26 heavy (non-hydrogen) atoms. The highest BCUT2D eigenvalue weighted by molar-refractivity contribution is 5.31. The molecule has 0 amide bonds. The molecule has 0 aromatic carbocycles. The minimum Gasteiger partial charge on any atom is -0.345 e. The van der Waals surface area contributed by atoms with Crippen LogP contribution in [-0.4, -0.2) is 45.5 Å². The van der Waals surface area contributed by atoms with Gasteiger partial charge < -0.3 is 10.2 Å². The molecule has 0 saturated carbocycles. The van der Waals surface area contributed by atoms with Crippen LogP contribution in [0, 0.1) is 11.8 Å². The molecule has 2 heterocycles. The van der Waals surface area contributed by atoms with Crippen molar-refractivity contribution in [3.63, 3.8) is 0 Å². The Bertz CT molecular complexity index is 546. The highest BCUT2D eigenvalue weighted by Crippen LogP contribution is 2.47. The normalized spacial score (nSPS) is 30.5. The summed E-state index contributed by atoms with van der Waals surface area (Å²) in [5, 5.41) is 3.84. The van der Waals surface area contributed by atoms with Crippen LogP contribution in [0.2, 0.25) is 0 Å². The van der Waals surface area contributed by atoms with Crippen molar-refractivity contribution in [3.05, 3.63) is 24.6 Å². The van der Waals surface area contributed by atoms with E-state index in [9.17, 15) is 0 Å². The summed E-state index contributed by atoms with van der Waals surface area (Å²) in [4.78, 5) is 5.05. The molecule has 2 unspecified atom stereocenters. The Morgan fingerprint density at radius 2 is 1.46 bits per heavy atom. The van der Waals surface area contributed by atoms with Gasteiger partial charge >= 0.3 is 0 Å². The number of hydrogen-bond donors (Lipinski definition) is 1. The van der Waals surface area contributed by atoms with Crippen LogP contribution in [0.3, 0.4) is 0 Å². The smallest absolute Gasteiger partial charge is 0.0559 e. The number of rotatable bonds is 3. The molecule has 1 N–H and O–H groups in total. The zero-order valence-corrected chi connectivity index (χ0v) is 19.0. The lowest BCUT2D eigenvalue weighted by Crippen LogP contribution is -2.62. The summed E-state index contributed by atoms with van der Waals surface area (Å²) in [5.74, 6) is 0.948. The van der Waals surface area contributed by atoms with Crippen LogP contribution in [0.15, 0.2) is 24.6 Å². The molecule has 2 rings (SSSR count). The van der Waals surface area contributed by atoms with Crippen LogP contribution in [0.1, 0.15) is 75.2 Å². The Kier molecular flexibility index (Phi) is 5.51. The zero-order valence-electron chi connectivity index (χ0n) is 19.0. The topological polar surface area (TPSA) is 18.5 Å². The van der Waals surface area contributed by atoms with Gasteiger partial charge in [-0.2, -0.15) is 0 Å². The zero-order chi connectivity index (χ0) is 20.2. The van der Waals surface area contributed by atoms with Gasteiger partial charge in [0.2, 0.25) is 0 Å². The van der Waals surface area contributed by atoms with Gasteiger partial charge in [0.05, 0.1) is 6.04 Å². The molecular weight excluding hydrogens is 318 g/mol. The first kappa shape index (κ1) is 21.5. The maximum absolute atomic E-state index is 4.57. The predicted octanol–water partition coefficient (Wildman–Crippen LogP) is 5.01. The van der Waals surface area contributed by atoms with E-state index in [0.717, 1.165) is 12.8 Å². The fraction of sp³-hybridized carbons (Fsp3) is 0.826. The molecule has 3 nitrogen and oxygen atoms in total. The number of nitrogens with zero attached hydrogens (tertiary/aromatic N) is 2. The van der Waals surface area contributed by atoms with Crippen molar-refractivity contribution in [2.45, 2.75) is 104 Å². The van der Waals surface area contributed by atoms with Gasteiger partial charge in [0.25, 0.3) is 0 Å². The minimum absolute atomic E-state index is 0.0579. The van der Waals surface area contributed by atoms with Crippen LogP contribution < -0.4 is 5.32 Å². The van der Waals surface area contributed by atoms with E-state index in [1.807, 2.05) is 0 Å². The van der Waals surface area contributed by atoms with E-state index in [2.05, 4.69) is 97.6 Å². The summed E-state index contributed by atoms with van der Waals surface area (Å²) in [6, 6.07) is 0.734. The number of hydrogen-bond acceptors (Lipinski definition) is 3. The fourth-order valence-electron chi connectivity index (χ4n) is 5.27. The van der Waals surface area contributed by atoms with Crippen LogP contribution in [0.5, 0.6) is 0 Å². The summed E-state index contributed by atoms with van der Waals surface area (Å²) < 4.78 is 0. The van der Waals surface area contributed by atoms with Gasteiger partial charge in [-0.1, -0.05) is 27.0 Å². The maximum Gasteiger partial charge on any atom is 0.0559 e. The SMILES string of the molecule is C=C1C(NC(C)(C)C)C(C(C)C)C(=C)N1C1CC(C)(C)N(C)C(C)(C)C1. The Hall–Kier alpha value is -0.800. The van der Waals surface area contributed by atoms with Crippen molar-refractivity contribution in [1.82, 2.24) is 15.1 Å². The molecule has 0 spiro atoms. The maximum atomic E-state index is 4.57. The van der Waals surface area contributed by atoms with E-state index in [1.54, 1.807) is 0 Å². The molecule has 2 fully saturated rings. The van der Waals surface area contributed by atoms with E-state index in [-0.39, 0.29) is 22.7 Å². The fourth-order valence-corrected chi connectivity index (χ4v) is 5.27. The van der Waals surface area contributed by atoms with Gasteiger partial charge in [-0.15, -0.1) is 0 Å². The lowest BCUT2D eigenvalue weighted by Gasteiger charge is -2.55. The Labute approximate surface area is 162 Å². The number of piperidine rings is 1. The van der Waals surface area contributed by atoms with E-state index < -0.39 is 0 Å². The summed E-state index contributed by atoms with van der Waals surface area (Å²) in [5.41, 5.74) is 2.85. The summed E-state index contributed by atoms with van der Waals surface area (Å²) in [6.07, 6.45) is 2.27. The third kappa shape index (κ3) is 3.89. The third-order valence-electron chi connectivity index (χ3n) is 6.68. The van der Waals surface area contributed by atoms with Crippen molar-refractivity contribution in [2.75, 3.05) is 7.05 Å². The molecule has 2 atom stereocenters. The quantitative estimate of drug-likeness (QED) is 0.762. The summed E-state index contributed by atoms with van der Waals surface area (Å²) >= 11 is 0. The van der Waals surface area contributed by atoms with Gasteiger partial charge in [0.1, 0.15) is 0 Å². The average Bonchev–Trinajstić information content (AvgIpc) is 2.64. The van der Waals surface area contributed by atoms with E-state index in [4.69, 9.17) is 0 Å². The molecule has 0 bridgehead atoms. The monoisotopic (exact) mass is 361 g/mol. The second-order valence-electron chi connectivity index (χ2n) is 11.2. The van der Waals surface area contributed by atoms with Crippen molar-refractivity contribution < 1.29 is 0 Å². The molecule has 2 aliphatic rings. The molecule has 2 saturated heterocycles. The molecule has 150 valence electrons. The van der Waals surface area contributed by atoms with Crippen LogP contribution in [0.25, 0.3) is 0 Å². The van der Waals surface area contributed by atoms with Gasteiger partial charge in [-0.25, -0.2) is 0 Å². The first-order chi connectivity index (χ1) is 11.6. The Balaban J connectivity index is 2.37. The Morgan fingerprint density at radius 3 is 1.85 bits per heavy atom. The molecule has 0 aromatic heterocycles. The average molecular weight is 362 g/mol. The largest absolute Gasteiger partial charge is 0.345 e. The van der Waals surface area contributed by atoms with Gasteiger partial charge in [0.15, 0.2) is 0 Å². The van der Waals surface area contributed by atoms with Crippen molar-refractivity contribution in [2.24, 2.45) is 11.8 Å². The first-order valence-corrected chi connectivity index (χ1v) is 10.3. The number of likely N-dealkylation sites (tertiary alicyclic amines) is 2. The first-order valence-electron chi connectivity index (χ1n) is 10.3. The minimum atomic E-state index is 0.0579. The van der Waals surface area contributed by atoms with Gasteiger partial charge in [-0.05, 0) is 74.3 Å². The molecule has 3 heteroatoms. The van der Waals surface area contributed by atoms with E-state index in [0.29, 0.717) is 17.9 Å². The highest BCUT2D eigenvalue weighted by atomic mass is 15.3. The van der Waals surface area contributed by atoms with E-state index >= 15 is 0 Å². The van der Waals surface area contributed by atoms with Crippen molar-refractivity contribution in [1.29, 1.82) is 0 Å². The third-order valence-corrected chi connectivity index (χ3v) is 6.68. The van der Waals surface area contributed by atoms with Crippen LogP contribution in [0.4, 0.5) is 0 Å². The molecule has 2 aliphatic heterocycles. The second kappa shape index (κ2) is 6.67. The van der Waals surface area contributed by atoms with Gasteiger partial charge in [-0.3, -0.25) is 4.90 Å². The number of nitrogens with one attached hydrogen (secondary N) is 1. The highest BCUT2D eigenvalue weighted by Gasteiger charge is 2.50. The lowest BCUT2D eigenvalue weighted by atomic mass is 9.77. The van der Waals surface area contributed by atoms with Crippen molar-refractivity contribution in [3.8, 4) is 0 Å². The Morgan fingerprint density at radius 1 is 1.00 bits per heavy atom. The molecular formula is C23H43N3. The standard InChI is InChI=1S/C23H43N3/c1-15(2)19-16(3)26(17(4)20(19)24-21(5,6)7)18-13-22(8,9)25(12)23(10,11)14-18/h15,18-20,24H,3-4,13-14H2,1-2,5-12H3. The lowest BCUT2D eigenvalue weighted by molar-refractivity contribution is -0.0344.